The summed E-state index contributed by atoms with van der Waals surface area (Å²) in [4.78, 5) is 7.54. The standard InChI is InChI=1S/C12H14BrN5O2S/c1-2-8-5-9(13)3-4-11(8)18-21(19,20)10-6-15-12(17-14)16-7-10/h3-7,18H,2,14H2,1H3,(H,15,16,17). The highest BCUT2D eigenvalue weighted by Gasteiger charge is 2.17. The number of benzene rings is 1. The van der Waals surface area contributed by atoms with Crippen molar-refractivity contribution in [1.82, 2.24) is 9.97 Å². The Morgan fingerprint density at radius 2 is 1.95 bits per heavy atom. The highest BCUT2D eigenvalue weighted by molar-refractivity contribution is 9.10. The van der Waals surface area contributed by atoms with Crippen LogP contribution in [0.4, 0.5) is 11.6 Å². The van der Waals surface area contributed by atoms with E-state index < -0.39 is 10.0 Å². The second-order valence-corrected chi connectivity index (χ2v) is 6.75. The summed E-state index contributed by atoms with van der Waals surface area (Å²) in [5.74, 6) is 5.29. The monoisotopic (exact) mass is 371 g/mol. The molecule has 0 radical (unpaired) electrons. The average molecular weight is 372 g/mol. The lowest BCUT2D eigenvalue weighted by atomic mass is 10.1. The molecule has 0 aliphatic heterocycles. The van der Waals surface area contributed by atoms with Gasteiger partial charge in [0.25, 0.3) is 10.0 Å². The Morgan fingerprint density at radius 1 is 1.29 bits per heavy atom. The number of hydrazine groups is 1. The lowest BCUT2D eigenvalue weighted by Crippen LogP contribution is -2.16. The Labute approximate surface area is 131 Å². The van der Waals surface area contributed by atoms with Gasteiger partial charge in [0.05, 0.1) is 18.1 Å². The molecule has 21 heavy (non-hydrogen) atoms. The summed E-state index contributed by atoms with van der Waals surface area (Å²) >= 11 is 3.36. The minimum atomic E-state index is -3.74. The molecule has 1 aromatic carbocycles. The molecule has 0 fully saturated rings. The molecule has 2 rings (SSSR count). The zero-order valence-electron chi connectivity index (χ0n) is 11.2. The zero-order valence-corrected chi connectivity index (χ0v) is 13.6. The quantitative estimate of drug-likeness (QED) is 0.546. The van der Waals surface area contributed by atoms with Gasteiger partial charge >= 0.3 is 0 Å². The van der Waals surface area contributed by atoms with Crippen molar-refractivity contribution < 1.29 is 8.42 Å². The van der Waals surface area contributed by atoms with Gasteiger partial charge in [-0.1, -0.05) is 22.9 Å². The number of nitrogens with zero attached hydrogens (tertiary/aromatic N) is 2. The first-order valence-corrected chi connectivity index (χ1v) is 8.34. The molecule has 0 amide bonds. The van der Waals surface area contributed by atoms with Crippen LogP contribution in [0.2, 0.25) is 0 Å². The highest BCUT2D eigenvalue weighted by atomic mass is 79.9. The van der Waals surface area contributed by atoms with Crippen LogP contribution in [0.5, 0.6) is 0 Å². The van der Waals surface area contributed by atoms with Gasteiger partial charge in [-0.05, 0) is 30.2 Å². The lowest BCUT2D eigenvalue weighted by Gasteiger charge is -2.12. The first-order valence-electron chi connectivity index (χ1n) is 6.06. The van der Waals surface area contributed by atoms with E-state index in [-0.39, 0.29) is 10.8 Å². The minimum Gasteiger partial charge on any atom is -0.292 e. The molecule has 4 N–H and O–H groups in total. The molecule has 0 atom stereocenters. The molecular weight excluding hydrogens is 358 g/mol. The van der Waals surface area contributed by atoms with Gasteiger partial charge < -0.3 is 0 Å². The fourth-order valence-corrected chi connectivity index (χ4v) is 3.09. The molecule has 0 unspecified atom stereocenters. The highest BCUT2D eigenvalue weighted by Crippen LogP contribution is 2.24. The number of anilines is 2. The van der Waals surface area contributed by atoms with Gasteiger partial charge in [0, 0.05) is 4.47 Å². The molecule has 0 saturated heterocycles. The number of sulfonamides is 1. The Morgan fingerprint density at radius 3 is 2.52 bits per heavy atom. The van der Waals surface area contributed by atoms with Crippen molar-refractivity contribution in [2.45, 2.75) is 18.2 Å². The van der Waals surface area contributed by atoms with Crippen LogP contribution in [0.15, 0.2) is 40.0 Å². The molecule has 0 bridgehead atoms. The number of nitrogen functional groups attached to an aromatic ring is 1. The van der Waals surface area contributed by atoms with Crippen molar-refractivity contribution in [3.63, 3.8) is 0 Å². The van der Waals surface area contributed by atoms with Gasteiger partial charge in [-0.3, -0.25) is 10.1 Å². The van der Waals surface area contributed by atoms with Crippen molar-refractivity contribution in [3.05, 3.63) is 40.6 Å². The molecule has 1 heterocycles. The number of hydrogen-bond acceptors (Lipinski definition) is 6. The molecular formula is C12H14BrN5O2S. The van der Waals surface area contributed by atoms with Crippen molar-refractivity contribution >= 4 is 37.6 Å². The van der Waals surface area contributed by atoms with Crippen LogP contribution in [-0.2, 0) is 16.4 Å². The van der Waals surface area contributed by atoms with E-state index in [1.807, 2.05) is 13.0 Å². The predicted molar refractivity (Wildman–Crippen MR) is 84.2 cm³/mol. The van der Waals surface area contributed by atoms with E-state index in [9.17, 15) is 8.42 Å². The number of rotatable bonds is 5. The fourth-order valence-electron chi connectivity index (χ4n) is 1.69. The third-order valence-electron chi connectivity index (χ3n) is 2.76. The topological polar surface area (TPSA) is 110 Å². The number of halogens is 1. The van der Waals surface area contributed by atoms with Crippen LogP contribution in [-0.4, -0.2) is 18.4 Å². The summed E-state index contributed by atoms with van der Waals surface area (Å²) in [7, 11) is -3.74. The second-order valence-electron chi connectivity index (χ2n) is 4.15. The van der Waals surface area contributed by atoms with E-state index in [0.717, 1.165) is 10.0 Å². The number of aromatic nitrogens is 2. The van der Waals surface area contributed by atoms with Crippen molar-refractivity contribution in [2.75, 3.05) is 10.1 Å². The zero-order chi connectivity index (χ0) is 15.5. The maximum absolute atomic E-state index is 12.3. The fraction of sp³-hybridized carbons (Fsp3) is 0.167. The molecule has 0 aliphatic carbocycles. The Kier molecular flexibility index (Phi) is 4.76. The number of aryl methyl sites for hydroxylation is 1. The summed E-state index contributed by atoms with van der Waals surface area (Å²) in [5, 5.41) is 0. The SMILES string of the molecule is CCc1cc(Br)ccc1NS(=O)(=O)c1cnc(NN)nc1. The van der Waals surface area contributed by atoms with Gasteiger partial charge in [-0.15, -0.1) is 0 Å². The van der Waals surface area contributed by atoms with Gasteiger partial charge in [0.15, 0.2) is 0 Å². The van der Waals surface area contributed by atoms with E-state index in [2.05, 4.69) is 36.0 Å². The van der Waals surface area contributed by atoms with E-state index in [1.54, 1.807) is 12.1 Å². The summed E-state index contributed by atoms with van der Waals surface area (Å²) < 4.78 is 28.0. The summed E-state index contributed by atoms with van der Waals surface area (Å²) in [6, 6.07) is 5.35. The Hall–Kier alpha value is -1.71. The van der Waals surface area contributed by atoms with E-state index in [1.165, 1.54) is 12.4 Å². The maximum atomic E-state index is 12.3. The van der Waals surface area contributed by atoms with Gasteiger partial charge in [-0.2, -0.15) is 0 Å². The van der Waals surface area contributed by atoms with Crippen LogP contribution < -0.4 is 16.0 Å². The molecule has 0 spiro atoms. The van der Waals surface area contributed by atoms with Crippen LogP contribution in [0.1, 0.15) is 12.5 Å². The third kappa shape index (κ3) is 3.69. The van der Waals surface area contributed by atoms with Gasteiger partial charge in [0.2, 0.25) is 5.95 Å². The predicted octanol–water partition coefficient (Wildman–Crippen LogP) is 1.89. The molecule has 7 nitrogen and oxygen atoms in total. The van der Waals surface area contributed by atoms with E-state index in [4.69, 9.17) is 5.84 Å². The summed E-state index contributed by atoms with van der Waals surface area (Å²) in [6.45, 7) is 1.95. The molecule has 0 aliphatic rings. The van der Waals surface area contributed by atoms with E-state index in [0.29, 0.717) is 12.1 Å². The molecule has 2 aromatic rings. The molecule has 0 saturated carbocycles. The summed E-state index contributed by atoms with van der Waals surface area (Å²) in [6.07, 6.45) is 3.08. The largest absolute Gasteiger partial charge is 0.292 e. The van der Waals surface area contributed by atoms with Gasteiger partial charge in [-0.25, -0.2) is 24.2 Å². The van der Waals surface area contributed by atoms with Crippen LogP contribution in [0.25, 0.3) is 0 Å². The maximum Gasteiger partial charge on any atom is 0.264 e. The molecule has 9 heteroatoms. The first-order chi connectivity index (χ1) is 9.96. The number of hydrogen-bond donors (Lipinski definition) is 3. The Balaban J connectivity index is 2.32. The number of nitrogens with one attached hydrogen (secondary N) is 2. The minimum absolute atomic E-state index is 0.0357. The smallest absolute Gasteiger partial charge is 0.264 e. The van der Waals surface area contributed by atoms with E-state index >= 15 is 0 Å². The average Bonchev–Trinajstić information content (AvgIpc) is 2.49. The molecule has 1 aromatic heterocycles. The van der Waals surface area contributed by atoms with Crippen molar-refractivity contribution in [2.24, 2.45) is 5.84 Å². The van der Waals surface area contributed by atoms with Crippen molar-refractivity contribution in [1.29, 1.82) is 0 Å². The van der Waals surface area contributed by atoms with Gasteiger partial charge in [0.1, 0.15) is 4.90 Å². The second kappa shape index (κ2) is 6.37. The normalized spacial score (nSPS) is 11.2. The van der Waals surface area contributed by atoms with Crippen LogP contribution in [0, 0.1) is 0 Å². The Bertz CT molecular complexity index is 734. The van der Waals surface area contributed by atoms with Crippen molar-refractivity contribution in [3.8, 4) is 0 Å². The molecule has 112 valence electrons. The number of nitrogens with two attached hydrogens (primary N) is 1. The van der Waals surface area contributed by atoms with Crippen LogP contribution in [0.3, 0.4) is 0 Å². The lowest BCUT2D eigenvalue weighted by molar-refractivity contribution is 0.600. The summed E-state index contributed by atoms with van der Waals surface area (Å²) in [5.41, 5.74) is 3.65. The van der Waals surface area contributed by atoms with Crippen LogP contribution >= 0.6 is 15.9 Å². The first kappa shape index (κ1) is 15.7. The third-order valence-corrected chi connectivity index (χ3v) is 4.57.